The van der Waals surface area contributed by atoms with Gasteiger partial charge in [0, 0.05) is 13.1 Å². The van der Waals surface area contributed by atoms with Crippen molar-refractivity contribution in [2.45, 2.75) is 27.7 Å². The molecule has 0 saturated heterocycles. The molecule has 17 heavy (non-hydrogen) atoms. The predicted molar refractivity (Wildman–Crippen MR) is 73.7 cm³/mol. The molecular formula is C12H26N4O. The van der Waals surface area contributed by atoms with Crippen LogP contribution in [0.15, 0.2) is 6.07 Å². The van der Waals surface area contributed by atoms with Gasteiger partial charge in [0.05, 0.1) is 6.54 Å². The predicted octanol–water partition coefficient (Wildman–Crippen LogP) is 2.25. The van der Waals surface area contributed by atoms with Crippen LogP contribution in [0.25, 0.3) is 0 Å². The van der Waals surface area contributed by atoms with E-state index in [-0.39, 0.29) is 5.78 Å². The molecule has 0 fully saturated rings. The first kappa shape index (κ1) is 18.0. The van der Waals surface area contributed by atoms with Crippen molar-refractivity contribution >= 4 is 11.6 Å². The molecule has 0 atom stereocenters. The van der Waals surface area contributed by atoms with Crippen molar-refractivity contribution in [2.75, 3.05) is 33.0 Å². The zero-order valence-electron chi connectivity index (χ0n) is 12.1. The molecule has 2 N–H and O–H groups in total. The fraction of sp³-hybridized carbons (Fsp3) is 0.667. The van der Waals surface area contributed by atoms with Crippen LogP contribution in [0.4, 0.5) is 5.82 Å². The fourth-order valence-electron chi connectivity index (χ4n) is 0.965. The van der Waals surface area contributed by atoms with E-state index in [0.29, 0.717) is 18.1 Å². The number of carbonyl (C=O) groups is 1. The highest BCUT2D eigenvalue weighted by Gasteiger charge is 2.09. The Hall–Kier alpha value is -1.36. The standard InChI is InChI=1S/C8H14N4O.2C2H6/c1-9-8-4-6(10-11-8)7(13)5-12(2)3;2*1-2/h4H,5H2,1-3H3,(H2,9,10,11);2*1-2H3. The third-order valence-corrected chi connectivity index (χ3v) is 1.59. The average molecular weight is 242 g/mol. The summed E-state index contributed by atoms with van der Waals surface area (Å²) in [4.78, 5) is 13.3. The second-order valence-corrected chi connectivity index (χ2v) is 3.08. The van der Waals surface area contributed by atoms with E-state index in [0.717, 1.165) is 0 Å². The number of ketones is 1. The number of hydrogen-bond donors (Lipinski definition) is 2. The van der Waals surface area contributed by atoms with Crippen LogP contribution in [-0.2, 0) is 0 Å². The van der Waals surface area contributed by atoms with Gasteiger partial charge in [0.15, 0.2) is 5.78 Å². The molecule has 1 aromatic rings. The summed E-state index contributed by atoms with van der Waals surface area (Å²) < 4.78 is 0. The summed E-state index contributed by atoms with van der Waals surface area (Å²) >= 11 is 0. The first-order valence-corrected chi connectivity index (χ1v) is 6.04. The molecule has 5 heteroatoms. The second kappa shape index (κ2) is 11.1. The SMILES string of the molecule is CC.CC.CNc1cc(C(=O)CN(C)C)[nH]n1. The number of hydrogen-bond acceptors (Lipinski definition) is 4. The molecule has 0 spiro atoms. The van der Waals surface area contributed by atoms with Crippen molar-refractivity contribution in [3.63, 3.8) is 0 Å². The van der Waals surface area contributed by atoms with Gasteiger partial charge in [-0.05, 0) is 14.1 Å². The van der Waals surface area contributed by atoms with Crippen LogP contribution in [0.5, 0.6) is 0 Å². The van der Waals surface area contributed by atoms with E-state index < -0.39 is 0 Å². The summed E-state index contributed by atoms with van der Waals surface area (Å²) in [6.45, 7) is 8.39. The van der Waals surface area contributed by atoms with Crippen molar-refractivity contribution < 1.29 is 4.79 Å². The number of rotatable bonds is 4. The number of nitrogens with one attached hydrogen (secondary N) is 2. The van der Waals surface area contributed by atoms with E-state index >= 15 is 0 Å². The number of H-pyrrole nitrogens is 1. The highest BCUT2D eigenvalue weighted by atomic mass is 16.1. The van der Waals surface area contributed by atoms with Crippen LogP contribution in [0.2, 0.25) is 0 Å². The number of Topliss-reactive ketones (excluding diaryl/α,β-unsaturated/α-hetero) is 1. The summed E-state index contributed by atoms with van der Waals surface area (Å²) in [5, 5.41) is 9.41. The largest absolute Gasteiger partial charge is 0.372 e. The first-order valence-electron chi connectivity index (χ1n) is 6.04. The van der Waals surface area contributed by atoms with E-state index in [1.165, 1.54) is 0 Å². The quantitative estimate of drug-likeness (QED) is 0.795. The maximum absolute atomic E-state index is 11.4. The Morgan fingerprint density at radius 3 is 2.24 bits per heavy atom. The van der Waals surface area contributed by atoms with Gasteiger partial charge >= 0.3 is 0 Å². The normalized spacial score (nSPS) is 8.71. The lowest BCUT2D eigenvalue weighted by atomic mass is 10.3. The van der Waals surface area contributed by atoms with Crippen molar-refractivity contribution in [2.24, 2.45) is 0 Å². The number of aromatic nitrogens is 2. The summed E-state index contributed by atoms with van der Waals surface area (Å²) in [6, 6.07) is 1.70. The molecule has 0 bridgehead atoms. The zero-order chi connectivity index (χ0) is 13.8. The van der Waals surface area contributed by atoms with Crippen molar-refractivity contribution in [1.82, 2.24) is 15.1 Å². The maximum Gasteiger partial charge on any atom is 0.194 e. The topological polar surface area (TPSA) is 61.0 Å². The molecule has 0 amide bonds. The Labute approximate surface area is 105 Å². The van der Waals surface area contributed by atoms with Crippen LogP contribution >= 0.6 is 0 Å². The summed E-state index contributed by atoms with van der Waals surface area (Å²) in [6.07, 6.45) is 0. The Morgan fingerprint density at radius 1 is 1.35 bits per heavy atom. The molecule has 1 rings (SSSR count). The van der Waals surface area contributed by atoms with Crippen LogP contribution < -0.4 is 5.32 Å². The number of anilines is 1. The van der Waals surface area contributed by atoms with Crippen molar-refractivity contribution in [3.05, 3.63) is 11.8 Å². The second-order valence-electron chi connectivity index (χ2n) is 3.08. The molecule has 0 radical (unpaired) electrons. The minimum atomic E-state index is 0.0407. The summed E-state index contributed by atoms with van der Waals surface area (Å²) in [5.41, 5.74) is 0.540. The lowest BCUT2D eigenvalue weighted by molar-refractivity contribution is 0.0953. The Balaban J connectivity index is 0. The average Bonchev–Trinajstić information content (AvgIpc) is 2.82. The van der Waals surface area contributed by atoms with Gasteiger partial charge in [0.25, 0.3) is 0 Å². The van der Waals surface area contributed by atoms with E-state index in [9.17, 15) is 4.79 Å². The smallest absolute Gasteiger partial charge is 0.194 e. The van der Waals surface area contributed by atoms with Crippen LogP contribution in [0.1, 0.15) is 38.2 Å². The van der Waals surface area contributed by atoms with Gasteiger partial charge in [-0.15, -0.1) is 0 Å². The van der Waals surface area contributed by atoms with Crippen LogP contribution in [0, 0.1) is 0 Å². The van der Waals surface area contributed by atoms with E-state index in [1.807, 2.05) is 46.7 Å². The molecule has 0 aromatic carbocycles. The number of carbonyl (C=O) groups excluding carboxylic acids is 1. The third-order valence-electron chi connectivity index (χ3n) is 1.59. The van der Waals surface area contributed by atoms with Gasteiger partial charge in [0.1, 0.15) is 11.5 Å². The van der Waals surface area contributed by atoms with E-state index in [1.54, 1.807) is 13.1 Å². The van der Waals surface area contributed by atoms with E-state index in [4.69, 9.17) is 0 Å². The lowest BCUT2D eigenvalue weighted by Crippen LogP contribution is -2.21. The number of nitrogens with zero attached hydrogens (tertiary/aromatic N) is 2. The van der Waals surface area contributed by atoms with Gasteiger partial charge in [-0.3, -0.25) is 9.89 Å². The van der Waals surface area contributed by atoms with Gasteiger partial charge in [-0.1, -0.05) is 27.7 Å². The number of likely N-dealkylation sites (N-methyl/N-ethyl adjacent to an activating group) is 1. The highest BCUT2D eigenvalue weighted by Crippen LogP contribution is 2.04. The molecule has 0 aliphatic heterocycles. The first-order chi connectivity index (χ1) is 8.13. The van der Waals surface area contributed by atoms with Crippen LogP contribution in [-0.4, -0.2) is 48.6 Å². The molecule has 0 aliphatic rings. The van der Waals surface area contributed by atoms with Gasteiger partial charge in [-0.2, -0.15) is 5.10 Å². The molecule has 1 aromatic heterocycles. The highest BCUT2D eigenvalue weighted by molar-refractivity contribution is 5.96. The summed E-state index contributed by atoms with van der Waals surface area (Å²) in [5.74, 6) is 0.723. The van der Waals surface area contributed by atoms with Crippen molar-refractivity contribution in [3.8, 4) is 0 Å². The Bertz CT molecular complexity index is 294. The molecular weight excluding hydrogens is 216 g/mol. The van der Waals surface area contributed by atoms with Crippen molar-refractivity contribution in [1.29, 1.82) is 0 Å². The molecule has 0 saturated carbocycles. The Kier molecular flexibility index (Phi) is 11.8. The lowest BCUT2D eigenvalue weighted by Gasteiger charge is -2.05. The summed E-state index contributed by atoms with van der Waals surface area (Å²) in [7, 11) is 5.47. The zero-order valence-corrected chi connectivity index (χ0v) is 12.1. The van der Waals surface area contributed by atoms with Crippen LogP contribution in [0.3, 0.4) is 0 Å². The minimum Gasteiger partial charge on any atom is -0.372 e. The molecule has 100 valence electrons. The molecule has 0 unspecified atom stereocenters. The fourth-order valence-corrected chi connectivity index (χ4v) is 0.965. The minimum absolute atomic E-state index is 0.0407. The van der Waals surface area contributed by atoms with Gasteiger partial charge < -0.3 is 10.2 Å². The van der Waals surface area contributed by atoms with Gasteiger partial charge in [0.2, 0.25) is 0 Å². The molecule has 0 aliphatic carbocycles. The molecule has 1 heterocycles. The molecule has 5 nitrogen and oxygen atoms in total. The Morgan fingerprint density at radius 2 is 1.88 bits per heavy atom. The number of aromatic amines is 1. The third kappa shape index (κ3) is 7.52. The van der Waals surface area contributed by atoms with Gasteiger partial charge in [-0.25, -0.2) is 0 Å². The monoisotopic (exact) mass is 242 g/mol. The van der Waals surface area contributed by atoms with E-state index in [2.05, 4.69) is 15.5 Å². The maximum atomic E-state index is 11.4.